The highest BCUT2D eigenvalue weighted by molar-refractivity contribution is 7.22. The largest absolute Gasteiger partial charge is 0.333 e. The molecule has 0 aliphatic carbocycles. The number of fused-ring (bicyclic) bond motifs is 1. The molecule has 1 aromatic carbocycles. The fraction of sp³-hybridized carbons (Fsp3) is 0.167. The number of carbonyl (C=O) groups excluding carboxylic acids is 1. The number of nitrogens with one attached hydrogen (secondary N) is 1. The number of aromatic nitrogens is 5. The molecule has 34 heavy (non-hydrogen) atoms. The second kappa shape index (κ2) is 8.99. The summed E-state index contributed by atoms with van der Waals surface area (Å²) < 4.78 is 6.76. The van der Waals surface area contributed by atoms with Crippen molar-refractivity contribution in [3.8, 4) is 22.2 Å². The van der Waals surface area contributed by atoms with Crippen molar-refractivity contribution < 1.29 is 9.32 Å². The maximum atomic E-state index is 13.2. The van der Waals surface area contributed by atoms with Crippen LogP contribution in [-0.2, 0) is 17.8 Å². The van der Waals surface area contributed by atoms with E-state index in [1.165, 1.54) is 27.8 Å². The topological polar surface area (TPSA) is 116 Å². The zero-order chi connectivity index (χ0) is 23.7. The quantitative estimate of drug-likeness (QED) is 0.396. The second-order valence-corrected chi connectivity index (χ2v) is 8.67. The van der Waals surface area contributed by atoms with Crippen LogP contribution in [0.15, 0.2) is 64.4 Å². The van der Waals surface area contributed by atoms with Crippen molar-refractivity contribution in [3.05, 3.63) is 76.6 Å². The Kier molecular flexibility index (Phi) is 5.72. The van der Waals surface area contributed by atoms with Gasteiger partial charge in [-0.15, -0.1) is 11.3 Å². The molecule has 5 rings (SSSR count). The highest BCUT2D eigenvalue weighted by Gasteiger charge is 2.21. The second-order valence-electron chi connectivity index (χ2n) is 7.67. The van der Waals surface area contributed by atoms with E-state index in [2.05, 4.69) is 32.3 Å². The van der Waals surface area contributed by atoms with Gasteiger partial charge in [0.2, 0.25) is 11.7 Å². The van der Waals surface area contributed by atoms with Crippen LogP contribution in [0.25, 0.3) is 32.4 Å². The minimum absolute atomic E-state index is 0.144. The van der Waals surface area contributed by atoms with Crippen molar-refractivity contribution in [2.45, 2.75) is 26.8 Å². The van der Waals surface area contributed by atoms with Crippen molar-refractivity contribution in [2.75, 3.05) is 5.32 Å². The van der Waals surface area contributed by atoms with E-state index in [0.717, 1.165) is 12.0 Å². The number of aryl methyl sites for hydroxylation is 2. The smallest absolute Gasteiger partial charge is 0.268 e. The van der Waals surface area contributed by atoms with Crippen molar-refractivity contribution in [1.29, 1.82) is 0 Å². The van der Waals surface area contributed by atoms with E-state index in [0.29, 0.717) is 38.1 Å². The van der Waals surface area contributed by atoms with Gasteiger partial charge in [0.25, 0.3) is 11.4 Å². The van der Waals surface area contributed by atoms with Crippen LogP contribution in [0, 0.1) is 6.92 Å². The minimum Gasteiger partial charge on any atom is -0.333 e. The van der Waals surface area contributed by atoms with E-state index in [9.17, 15) is 9.59 Å². The van der Waals surface area contributed by atoms with Crippen LogP contribution in [0.5, 0.6) is 0 Å². The van der Waals surface area contributed by atoms with Gasteiger partial charge >= 0.3 is 0 Å². The van der Waals surface area contributed by atoms with E-state index in [-0.39, 0.29) is 18.0 Å². The number of hydrogen-bond donors (Lipinski definition) is 1. The van der Waals surface area contributed by atoms with Crippen molar-refractivity contribution in [1.82, 2.24) is 24.7 Å². The Morgan fingerprint density at radius 2 is 1.91 bits per heavy atom. The van der Waals surface area contributed by atoms with Crippen molar-refractivity contribution >= 4 is 33.1 Å². The third-order valence-corrected chi connectivity index (χ3v) is 6.62. The monoisotopic (exact) mass is 472 g/mol. The molecule has 1 amide bonds. The van der Waals surface area contributed by atoms with E-state index in [4.69, 9.17) is 4.52 Å². The van der Waals surface area contributed by atoms with Gasteiger partial charge in [0.1, 0.15) is 11.4 Å². The Bertz CT molecular complexity index is 1540. The van der Waals surface area contributed by atoms with E-state index >= 15 is 0 Å². The highest BCUT2D eigenvalue weighted by atomic mass is 32.1. The Balaban J connectivity index is 1.41. The normalized spacial score (nSPS) is 11.1. The molecule has 0 radical (unpaired) electrons. The zero-order valence-electron chi connectivity index (χ0n) is 18.5. The lowest BCUT2D eigenvalue weighted by molar-refractivity contribution is -0.116. The number of thiophene rings is 1. The summed E-state index contributed by atoms with van der Waals surface area (Å²) in [5.41, 5.74) is 3.03. The Hall–Kier alpha value is -4.18. The first-order chi connectivity index (χ1) is 16.5. The Morgan fingerprint density at radius 1 is 1.15 bits per heavy atom. The molecule has 9 nitrogen and oxygen atoms in total. The Morgan fingerprint density at radius 3 is 2.65 bits per heavy atom. The van der Waals surface area contributed by atoms with Gasteiger partial charge in [-0.25, -0.2) is 4.98 Å². The van der Waals surface area contributed by atoms with Gasteiger partial charge in [-0.05, 0) is 48.7 Å². The maximum absolute atomic E-state index is 13.2. The van der Waals surface area contributed by atoms with Crippen molar-refractivity contribution in [2.24, 2.45) is 0 Å². The standard InChI is InChI=1S/C24H20N6O3S/c1-3-15-4-6-17(7-5-15)27-18(31)12-30-13-26-23-19(24(30)32)14(2)20(34-23)22-28-21(29-33-22)16-8-10-25-11-9-16/h4-11,13H,3,12H2,1-2H3,(H,27,31). The van der Waals surface area contributed by atoms with E-state index in [1.807, 2.05) is 31.2 Å². The molecular weight excluding hydrogens is 452 g/mol. The average Bonchev–Trinajstić information content (AvgIpc) is 3.47. The fourth-order valence-corrected chi connectivity index (χ4v) is 4.65. The number of rotatable bonds is 6. The van der Waals surface area contributed by atoms with Gasteiger partial charge in [-0.1, -0.05) is 24.2 Å². The third-order valence-electron chi connectivity index (χ3n) is 5.44. The molecule has 4 heterocycles. The van der Waals surface area contributed by atoms with Crippen LogP contribution < -0.4 is 10.9 Å². The summed E-state index contributed by atoms with van der Waals surface area (Å²) in [6.45, 7) is 3.74. The van der Waals surface area contributed by atoms with E-state index < -0.39 is 0 Å². The molecule has 0 atom stereocenters. The molecular formula is C24H20N6O3S. The summed E-state index contributed by atoms with van der Waals surface area (Å²) in [6.07, 6.45) is 5.61. The number of nitrogens with zero attached hydrogens (tertiary/aromatic N) is 5. The van der Waals surface area contributed by atoms with Crippen LogP contribution in [0.4, 0.5) is 5.69 Å². The van der Waals surface area contributed by atoms with Gasteiger partial charge in [0.05, 0.1) is 16.6 Å². The maximum Gasteiger partial charge on any atom is 0.268 e. The number of carbonyl (C=O) groups is 1. The third kappa shape index (κ3) is 4.11. The average molecular weight is 473 g/mol. The summed E-state index contributed by atoms with van der Waals surface area (Å²) in [4.78, 5) is 39.8. The minimum atomic E-state index is -0.306. The summed E-state index contributed by atoms with van der Waals surface area (Å²) in [5.74, 6) is 0.439. The number of pyridine rings is 1. The lowest BCUT2D eigenvalue weighted by Gasteiger charge is -2.08. The molecule has 0 aliphatic rings. The predicted octanol–water partition coefficient (Wildman–Crippen LogP) is 4.08. The molecule has 0 bridgehead atoms. The molecule has 0 saturated carbocycles. The molecule has 0 fully saturated rings. The van der Waals surface area contributed by atoms with Crippen LogP contribution >= 0.6 is 11.3 Å². The van der Waals surface area contributed by atoms with Crippen LogP contribution in [0.3, 0.4) is 0 Å². The number of benzene rings is 1. The van der Waals surface area contributed by atoms with Gasteiger partial charge in [-0.3, -0.25) is 19.1 Å². The number of hydrogen-bond acceptors (Lipinski definition) is 8. The molecule has 170 valence electrons. The molecule has 0 spiro atoms. The molecule has 0 aliphatic heterocycles. The molecule has 0 unspecified atom stereocenters. The zero-order valence-corrected chi connectivity index (χ0v) is 19.3. The van der Waals surface area contributed by atoms with Crippen molar-refractivity contribution in [3.63, 3.8) is 0 Å². The first-order valence-corrected chi connectivity index (χ1v) is 11.5. The first-order valence-electron chi connectivity index (χ1n) is 10.6. The van der Waals surface area contributed by atoms with Gasteiger partial charge in [0, 0.05) is 23.6 Å². The van der Waals surface area contributed by atoms with Gasteiger partial charge < -0.3 is 9.84 Å². The summed E-state index contributed by atoms with van der Waals surface area (Å²) in [5, 5.41) is 7.30. The van der Waals surface area contributed by atoms with Gasteiger partial charge in [-0.2, -0.15) is 4.98 Å². The lowest BCUT2D eigenvalue weighted by Crippen LogP contribution is -2.27. The fourth-order valence-electron chi connectivity index (χ4n) is 3.59. The van der Waals surface area contributed by atoms with Crippen LogP contribution in [-0.4, -0.2) is 30.6 Å². The SMILES string of the molecule is CCc1ccc(NC(=O)Cn2cnc3sc(-c4nc(-c5ccncc5)no4)c(C)c3c2=O)cc1. The predicted molar refractivity (Wildman–Crippen MR) is 130 cm³/mol. The number of anilines is 1. The highest BCUT2D eigenvalue weighted by Crippen LogP contribution is 2.35. The summed E-state index contributed by atoms with van der Waals surface area (Å²) in [6, 6.07) is 11.2. The molecule has 0 saturated heterocycles. The lowest BCUT2D eigenvalue weighted by atomic mass is 10.1. The first kappa shape index (κ1) is 21.7. The summed E-state index contributed by atoms with van der Waals surface area (Å²) >= 11 is 1.30. The van der Waals surface area contributed by atoms with Crippen LogP contribution in [0.2, 0.25) is 0 Å². The number of amides is 1. The molecule has 10 heteroatoms. The van der Waals surface area contributed by atoms with Crippen LogP contribution in [0.1, 0.15) is 18.1 Å². The van der Waals surface area contributed by atoms with Gasteiger partial charge in [0.15, 0.2) is 0 Å². The Labute approximate surface area is 198 Å². The molecule has 5 aromatic rings. The van der Waals surface area contributed by atoms with E-state index in [1.54, 1.807) is 24.5 Å². The molecule has 1 N–H and O–H groups in total. The summed E-state index contributed by atoms with van der Waals surface area (Å²) in [7, 11) is 0. The molecule has 4 aromatic heterocycles.